The molecule has 1 saturated heterocycles. The molecule has 1 heterocycles. The van der Waals surface area contributed by atoms with Crippen LogP contribution >= 0.6 is 23.4 Å². The minimum Gasteiger partial charge on any atom is -0.215 e. The summed E-state index contributed by atoms with van der Waals surface area (Å²) < 4.78 is 25.6. The Kier molecular flexibility index (Phi) is 6.34. The van der Waals surface area contributed by atoms with Gasteiger partial charge in [-0.2, -0.15) is 11.8 Å². The predicted molar refractivity (Wildman–Crippen MR) is 67.2 cm³/mol. The molecule has 1 aliphatic rings. The maximum Gasteiger partial charge on any atom is 0.211 e. The largest absolute Gasteiger partial charge is 0.215 e. The molecule has 0 atom stereocenters. The molecular formula is C9H18ClNO2S2. The van der Waals surface area contributed by atoms with Gasteiger partial charge >= 0.3 is 0 Å². The molecular weight excluding hydrogens is 254 g/mol. The Bertz CT molecular complexity index is 263. The van der Waals surface area contributed by atoms with Gasteiger partial charge in [0.15, 0.2) is 0 Å². The third kappa shape index (κ3) is 6.00. The number of hydrogen-bond donors (Lipinski definition) is 1. The fourth-order valence-electron chi connectivity index (χ4n) is 1.51. The number of sulfonamides is 1. The molecule has 0 radical (unpaired) electrons. The molecule has 0 amide bonds. The average molecular weight is 272 g/mol. The zero-order valence-electron chi connectivity index (χ0n) is 8.75. The van der Waals surface area contributed by atoms with E-state index in [9.17, 15) is 8.42 Å². The van der Waals surface area contributed by atoms with Gasteiger partial charge in [0.1, 0.15) is 0 Å². The summed E-state index contributed by atoms with van der Waals surface area (Å²) in [5, 5.41) is 0. The number of hydrogen-bond acceptors (Lipinski definition) is 3. The number of thioether (sulfide) groups is 1. The minimum atomic E-state index is -3.08. The lowest BCUT2D eigenvalue weighted by Crippen LogP contribution is -2.32. The minimum absolute atomic E-state index is 0.151. The Morgan fingerprint density at radius 2 is 2.00 bits per heavy atom. The Morgan fingerprint density at radius 3 is 2.60 bits per heavy atom. The molecule has 0 aliphatic carbocycles. The van der Waals surface area contributed by atoms with Crippen molar-refractivity contribution in [3.05, 3.63) is 0 Å². The molecule has 0 spiro atoms. The Labute approximate surface area is 101 Å². The molecule has 1 aliphatic heterocycles. The van der Waals surface area contributed by atoms with Crippen LogP contribution in [0.2, 0.25) is 0 Å². The third-order valence-electron chi connectivity index (χ3n) is 2.48. The van der Waals surface area contributed by atoms with E-state index in [1.807, 2.05) is 11.8 Å². The first kappa shape index (κ1) is 13.6. The molecule has 1 rings (SSSR count). The first-order valence-electron chi connectivity index (χ1n) is 5.25. The smallest absolute Gasteiger partial charge is 0.211 e. The quantitative estimate of drug-likeness (QED) is 0.748. The van der Waals surface area contributed by atoms with Crippen LogP contribution in [0.5, 0.6) is 0 Å². The molecule has 0 aromatic carbocycles. The van der Waals surface area contributed by atoms with E-state index in [1.54, 1.807) is 0 Å². The topological polar surface area (TPSA) is 46.2 Å². The lowest BCUT2D eigenvalue weighted by molar-refractivity contribution is 0.476. The van der Waals surface area contributed by atoms with Crippen molar-refractivity contribution in [3.8, 4) is 0 Å². The zero-order valence-corrected chi connectivity index (χ0v) is 11.1. The van der Waals surface area contributed by atoms with Crippen molar-refractivity contribution >= 4 is 33.4 Å². The number of halogens is 1. The molecule has 0 bridgehead atoms. The molecule has 0 unspecified atom stereocenters. The van der Waals surface area contributed by atoms with Crippen LogP contribution in [0.4, 0.5) is 0 Å². The first-order valence-corrected chi connectivity index (χ1v) is 8.59. The molecule has 1 fully saturated rings. The number of nitrogens with one attached hydrogen (secondary N) is 1. The summed E-state index contributed by atoms with van der Waals surface area (Å²) >= 11 is 7.41. The lowest BCUT2D eigenvalue weighted by atomic mass is 10.0. The van der Waals surface area contributed by atoms with Crippen molar-refractivity contribution in [1.29, 1.82) is 0 Å². The molecule has 90 valence electrons. The monoisotopic (exact) mass is 271 g/mol. The molecule has 0 aromatic rings. The second kappa shape index (κ2) is 6.99. The maximum atomic E-state index is 11.5. The lowest BCUT2D eigenvalue weighted by Gasteiger charge is -2.21. The second-order valence-electron chi connectivity index (χ2n) is 3.77. The molecule has 3 nitrogen and oxygen atoms in total. The van der Waals surface area contributed by atoms with Crippen LogP contribution in [-0.2, 0) is 10.0 Å². The van der Waals surface area contributed by atoms with Gasteiger partial charge in [-0.3, -0.25) is 0 Å². The Morgan fingerprint density at radius 1 is 1.33 bits per heavy atom. The maximum absolute atomic E-state index is 11.5. The van der Waals surface area contributed by atoms with E-state index in [0.717, 1.165) is 24.3 Å². The van der Waals surface area contributed by atoms with Crippen molar-refractivity contribution in [2.45, 2.75) is 19.3 Å². The highest BCUT2D eigenvalue weighted by atomic mass is 35.5. The third-order valence-corrected chi connectivity index (χ3v) is 5.23. The zero-order chi connectivity index (χ0) is 11.1. The van der Waals surface area contributed by atoms with Crippen LogP contribution < -0.4 is 4.72 Å². The fourth-order valence-corrected chi connectivity index (χ4v) is 4.17. The van der Waals surface area contributed by atoms with Crippen molar-refractivity contribution in [3.63, 3.8) is 0 Å². The molecule has 15 heavy (non-hydrogen) atoms. The summed E-state index contributed by atoms with van der Waals surface area (Å²) in [6.45, 7) is 0.602. The van der Waals surface area contributed by atoms with Crippen LogP contribution in [0.25, 0.3) is 0 Å². The van der Waals surface area contributed by atoms with Gasteiger partial charge in [0.05, 0.1) is 5.75 Å². The van der Waals surface area contributed by atoms with Gasteiger partial charge < -0.3 is 0 Å². The van der Waals surface area contributed by atoms with E-state index < -0.39 is 10.0 Å². The predicted octanol–water partition coefficient (Wildman–Crippen LogP) is 1.68. The second-order valence-corrected chi connectivity index (χ2v) is 7.29. The van der Waals surface area contributed by atoms with Crippen LogP contribution in [-0.4, -0.2) is 38.1 Å². The molecule has 1 N–H and O–H groups in total. The molecule has 0 aromatic heterocycles. The average Bonchev–Trinajstić information content (AvgIpc) is 2.25. The summed E-state index contributed by atoms with van der Waals surface area (Å²) in [5.74, 6) is 3.40. The van der Waals surface area contributed by atoms with Gasteiger partial charge in [0.25, 0.3) is 0 Å². The van der Waals surface area contributed by atoms with Crippen LogP contribution in [0.15, 0.2) is 0 Å². The Balaban J connectivity index is 2.22. The molecule has 0 saturated carbocycles. The highest BCUT2D eigenvalue weighted by Gasteiger charge is 2.16. The molecule has 6 heteroatoms. The fraction of sp³-hybridized carbons (Fsp3) is 1.00. The van der Waals surface area contributed by atoms with Gasteiger partial charge in [-0.15, -0.1) is 11.6 Å². The van der Waals surface area contributed by atoms with E-state index in [1.165, 1.54) is 0 Å². The van der Waals surface area contributed by atoms with Crippen LogP contribution in [0.1, 0.15) is 19.3 Å². The summed E-state index contributed by atoms with van der Waals surface area (Å²) in [5.41, 5.74) is 0. The highest BCUT2D eigenvalue weighted by molar-refractivity contribution is 7.99. The van der Waals surface area contributed by atoms with E-state index in [-0.39, 0.29) is 5.75 Å². The van der Waals surface area contributed by atoms with E-state index in [0.29, 0.717) is 24.8 Å². The standard InChI is InChI=1S/C9H18ClNO2S2/c10-4-1-7-15(12,13)11-8-9-2-5-14-6-3-9/h9,11H,1-8H2. The summed E-state index contributed by atoms with van der Waals surface area (Å²) in [7, 11) is -3.08. The van der Waals surface area contributed by atoms with Crippen LogP contribution in [0.3, 0.4) is 0 Å². The van der Waals surface area contributed by atoms with Gasteiger partial charge in [0, 0.05) is 12.4 Å². The van der Waals surface area contributed by atoms with Crippen molar-refractivity contribution in [2.24, 2.45) is 5.92 Å². The van der Waals surface area contributed by atoms with Crippen LogP contribution in [0, 0.1) is 5.92 Å². The summed E-state index contributed by atoms with van der Waals surface area (Å²) in [4.78, 5) is 0. The van der Waals surface area contributed by atoms with Gasteiger partial charge in [-0.1, -0.05) is 0 Å². The van der Waals surface area contributed by atoms with E-state index in [4.69, 9.17) is 11.6 Å². The van der Waals surface area contributed by atoms with Crippen molar-refractivity contribution in [2.75, 3.05) is 29.7 Å². The Hall–Kier alpha value is 0.550. The number of rotatable bonds is 6. The van der Waals surface area contributed by atoms with Crippen molar-refractivity contribution in [1.82, 2.24) is 4.72 Å². The number of alkyl halides is 1. The SMILES string of the molecule is O=S(=O)(CCCCl)NCC1CCSCC1. The highest BCUT2D eigenvalue weighted by Crippen LogP contribution is 2.21. The van der Waals surface area contributed by atoms with Gasteiger partial charge in [-0.25, -0.2) is 13.1 Å². The summed E-state index contributed by atoms with van der Waals surface area (Å²) in [6, 6.07) is 0. The summed E-state index contributed by atoms with van der Waals surface area (Å²) in [6.07, 6.45) is 2.78. The van der Waals surface area contributed by atoms with E-state index >= 15 is 0 Å². The van der Waals surface area contributed by atoms with Gasteiger partial charge in [-0.05, 0) is 36.7 Å². The normalized spacial score (nSPS) is 19.3. The van der Waals surface area contributed by atoms with Crippen molar-refractivity contribution < 1.29 is 8.42 Å². The first-order chi connectivity index (χ1) is 7.14. The van der Waals surface area contributed by atoms with Gasteiger partial charge in [0.2, 0.25) is 10.0 Å². The van der Waals surface area contributed by atoms with E-state index in [2.05, 4.69) is 4.72 Å².